The molecule has 0 aliphatic rings. The van der Waals surface area contributed by atoms with Crippen molar-refractivity contribution < 1.29 is 0 Å². The average molecular weight is 178 g/mol. The van der Waals surface area contributed by atoms with Crippen LogP contribution in [0, 0.1) is 6.92 Å². The summed E-state index contributed by atoms with van der Waals surface area (Å²) in [5, 5.41) is 0. The molecular weight excluding hydrogens is 168 g/mol. The van der Waals surface area contributed by atoms with Crippen molar-refractivity contribution in [3.63, 3.8) is 0 Å². The van der Waals surface area contributed by atoms with Crippen LogP contribution in [0.3, 0.4) is 0 Å². The van der Waals surface area contributed by atoms with Gasteiger partial charge in [-0.05, 0) is 19.1 Å². The van der Waals surface area contributed by atoms with Gasteiger partial charge < -0.3 is 4.57 Å². The Kier molecular flexibility index (Phi) is 1.73. The second-order valence-corrected chi connectivity index (χ2v) is 4.06. The molecular formula is C9H10N2S. The second kappa shape index (κ2) is 2.75. The summed E-state index contributed by atoms with van der Waals surface area (Å²) in [4.78, 5) is 6.84. The van der Waals surface area contributed by atoms with E-state index >= 15 is 0 Å². The maximum absolute atomic E-state index is 4.27. The van der Waals surface area contributed by atoms with Crippen LogP contribution in [0.25, 0.3) is 10.7 Å². The topological polar surface area (TPSA) is 17.8 Å². The summed E-state index contributed by atoms with van der Waals surface area (Å²) in [6.07, 6.45) is 3.79. The Morgan fingerprint density at radius 3 is 2.75 bits per heavy atom. The molecule has 2 aromatic rings. The first-order valence-electron chi connectivity index (χ1n) is 3.81. The van der Waals surface area contributed by atoms with E-state index in [1.165, 1.54) is 9.75 Å². The van der Waals surface area contributed by atoms with E-state index in [1.54, 1.807) is 11.3 Å². The maximum Gasteiger partial charge on any atom is 0.149 e. The standard InChI is InChI=1S/C9H10N2S/c1-7-3-4-8(12-7)9-10-5-6-11(9)2/h3-6H,1-2H3. The first-order valence-corrected chi connectivity index (χ1v) is 4.63. The molecule has 0 aliphatic carbocycles. The molecule has 0 N–H and O–H groups in total. The maximum atomic E-state index is 4.27. The van der Waals surface area contributed by atoms with Crippen molar-refractivity contribution in [2.75, 3.05) is 0 Å². The highest BCUT2D eigenvalue weighted by Gasteiger charge is 2.04. The zero-order chi connectivity index (χ0) is 8.55. The van der Waals surface area contributed by atoms with Crippen LogP contribution in [0.1, 0.15) is 4.88 Å². The molecule has 2 rings (SSSR count). The van der Waals surface area contributed by atoms with E-state index in [0.717, 1.165) is 5.82 Å². The summed E-state index contributed by atoms with van der Waals surface area (Å²) in [6.45, 7) is 2.11. The summed E-state index contributed by atoms with van der Waals surface area (Å²) in [5.41, 5.74) is 0. The van der Waals surface area contributed by atoms with Crippen molar-refractivity contribution in [1.82, 2.24) is 9.55 Å². The second-order valence-electron chi connectivity index (χ2n) is 2.77. The average Bonchev–Trinajstić information content (AvgIpc) is 2.58. The number of aryl methyl sites for hydroxylation is 2. The first-order chi connectivity index (χ1) is 5.77. The Hall–Kier alpha value is -1.09. The third-order valence-corrected chi connectivity index (χ3v) is 2.78. The summed E-state index contributed by atoms with van der Waals surface area (Å²) in [5.74, 6) is 1.05. The Morgan fingerprint density at radius 2 is 2.25 bits per heavy atom. The van der Waals surface area contributed by atoms with E-state index in [2.05, 4.69) is 24.0 Å². The highest BCUT2D eigenvalue weighted by atomic mass is 32.1. The highest BCUT2D eigenvalue weighted by Crippen LogP contribution is 2.25. The summed E-state index contributed by atoms with van der Waals surface area (Å²) < 4.78 is 2.03. The Balaban J connectivity index is 2.50. The Morgan fingerprint density at radius 1 is 1.42 bits per heavy atom. The van der Waals surface area contributed by atoms with Crippen LogP contribution in [-0.2, 0) is 7.05 Å². The van der Waals surface area contributed by atoms with Gasteiger partial charge in [0, 0.05) is 24.3 Å². The molecule has 0 bridgehead atoms. The van der Waals surface area contributed by atoms with Crippen LogP contribution in [0.15, 0.2) is 24.5 Å². The summed E-state index contributed by atoms with van der Waals surface area (Å²) >= 11 is 1.78. The fourth-order valence-electron chi connectivity index (χ4n) is 1.16. The zero-order valence-electron chi connectivity index (χ0n) is 7.11. The van der Waals surface area contributed by atoms with Gasteiger partial charge in [0.05, 0.1) is 4.88 Å². The van der Waals surface area contributed by atoms with Gasteiger partial charge in [-0.15, -0.1) is 11.3 Å². The number of nitrogens with zero attached hydrogens (tertiary/aromatic N) is 2. The molecule has 62 valence electrons. The lowest BCUT2D eigenvalue weighted by Gasteiger charge is -1.95. The molecule has 2 heterocycles. The molecule has 0 saturated heterocycles. The number of hydrogen-bond donors (Lipinski definition) is 0. The summed E-state index contributed by atoms with van der Waals surface area (Å²) in [6, 6.07) is 4.23. The molecule has 0 fully saturated rings. The number of hydrogen-bond acceptors (Lipinski definition) is 2. The largest absolute Gasteiger partial charge is 0.333 e. The Bertz CT molecular complexity index is 387. The van der Waals surface area contributed by atoms with E-state index in [1.807, 2.05) is 24.0 Å². The molecule has 3 heteroatoms. The van der Waals surface area contributed by atoms with Crippen molar-refractivity contribution in [2.24, 2.45) is 7.05 Å². The molecule has 2 aromatic heterocycles. The molecule has 0 radical (unpaired) electrons. The van der Waals surface area contributed by atoms with Crippen molar-refractivity contribution in [3.8, 4) is 10.7 Å². The van der Waals surface area contributed by atoms with E-state index in [0.29, 0.717) is 0 Å². The third-order valence-electron chi connectivity index (χ3n) is 1.78. The molecule has 0 aromatic carbocycles. The molecule has 0 aliphatic heterocycles. The van der Waals surface area contributed by atoms with Gasteiger partial charge in [-0.3, -0.25) is 0 Å². The zero-order valence-corrected chi connectivity index (χ0v) is 7.93. The van der Waals surface area contributed by atoms with Gasteiger partial charge in [0.15, 0.2) is 0 Å². The smallest absolute Gasteiger partial charge is 0.149 e. The fraction of sp³-hybridized carbons (Fsp3) is 0.222. The van der Waals surface area contributed by atoms with Gasteiger partial charge in [-0.2, -0.15) is 0 Å². The van der Waals surface area contributed by atoms with Crippen LogP contribution >= 0.6 is 11.3 Å². The van der Waals surface area contributed by atoms with Crippen molar-refractivity contribution in [2.45, 2.75) is 6.92 Å². The van der Waals surface area contributed by atoms with Crippen LogP contribution in [0.4, 0.5) is 0 Å². The van der Waals surface area contributed by atoms with Gasteiger partial charge in [-0.1, -0.05) is 0 Å². The van der Waals surface area contributed by atoms with Crippen LogP contribution in [0.5, 0.6) is 0 Å². The van der Waals surface area contributed by atoms with E-state index < -0.39 is 0 Å². The monoisotopic (exact) mass is 178 g/mol. The minimum atomic E-state index is 1.05. The number of rotatable bonds is 1. The molecule has 12 heavy (non-hydrogen) atoms. The third kappa shape index (κ3) is 1.16. The molecule has 0 spiro atoms. The van der Waals surface area contributed by atoms with Crippen LogP contribution in [-0.4, -0.2) is 9.55 Å². The number of imidazole rings is 1. The van der Waals surface area contributed by atoms with Gasteiger partial charge in [-0.25, -0.2) is 4.98 Å². The molecule has 0 amide bonds. The normalized spacial score (nSPS) is 10.5. The minimum Gasteiger partial charge on any atom is -0.333 e. The quantitative estimate of drug-likeness (QED) is 0.656. The van der Waals surface area contributed by atoms with Gasteiger partial charge in [0.1, 0.15) is 5.82 Å². The molecule has 0 unspecified atom stereocenters. The van der Waals surface area contributed by atoms with Crippen molar-refractivity contribution in [3.05, 3.63) is 29.4 Å². The van der Waals surface area contributed by atoms with E-state index in [9.17, 15) is 0 Å². The van der Waals surface area contributed by atoms with Crippen molar-refractivity contribution >= 4 is 11.3 Å². The minimum absolute atomic E-state index is 1.05. The van der Waals surface area contributed by atoms with Crippen molar-refractivity contribution in [1.29, 1.82) is 0 Å². The lowest BCUT2D eigenvalue weighted by Crippen LogP contribution is -1.87. The predicted octanol–water partition coefficient (Wildman–Crippen LogP) is 2.46. The lowest BCUT2D eigenvalue weighted by atomic mass is 10.4. The number of thiophene rings is 1. The molecule has 0 atom stereocenters. The molecule has 2 nitrogen and oxygen atoms in total. The van der Waals surface area contributed by atoms with Crippen LogP contribution < -0.4 is 0 Å². The number of aromatic nitrogens is 2. The van der Waals surface area contributed by atoms with Gasteiger partial charge in [0.25, 0.3) is 0 Å². The summed E-state index contributed by atoms with van der Waals surface area (Å²) in [7, 11) is 2.01. The lowest BCUT2D eigenvalue weighted by molar-refractivity contribution is 0.928. The van der Waals surface area contributed by atoms with Gasteiger partial charge in [0.2, 0.25) is 0 Å². The van der Waals surface area contributed by atoms with E-state index in [4.69, 9.17) is 0 Å². The first kappa shape index (κ1) is 7.55. The van der Waals surface area contributed by atoms with Gasteiger partial charge >= 0.3 is 0 Å². The van der Waals surface area contributed by atoms with E-state index in [-0.39, 0.29) is 0 Å². The predicted molar refractivity (Wildman–Crippen MR) is 51.3 cm³/mol. The van der Waals surface area contributed by atoms with Crippen LogP contribution in [0.2, 0.25) is 0 Å². The SMILES string of the molecule is Cc1ccc(-c2nccn2C)s1. The fourth-order valence-corrected chi connectivity index (χ4v) is 2.06. The molecule has 0 saturated carbocycles. The Labute approximate surface area is 75.5 Å². The highest BCUT2D eigenvalue weighted by molar-refractivity contribution is 7.15.